The average Bonchev–Trinajstić information content (AvgIpc) is 2.36. The molecule has 1 aromatic rings. The van der Waals surface area contributed by atoms with E-state index in [1.807, 2.05) is 26.0 Å². The van der Waals surface area contributed by atoms with Crippen molar-refractivity contribution in [1.29, 1.82) is 0 Å². The highest BCUT2D eigenvalue weighted by Crippen LogP contribution is 2.19. The second-order valence-corrected chi connectivity index (χ2v) is 3.59. The topological polar surface area (TPSA) is 40.5 Å². The fourth-order valence-electron chi connectivity index (χ4n) is 1.44. The number of hydrogen-bond acceptors (Lipinski definition) is 2. The highest BCUT2D eigenvalue weighted by atomic mass is 16.3. The Morgan fingerprint density at radius 1 is 1.35 bits per heavy atom. The molecule has 1 amide bonds. The summed E-state index contributed by atoms with van der Waals surface area (Å²) in [6.07, 6.45) is 7.31. The maximum atomic E-state index is 11.0. The van der Waals surface area contributed by atoms with Gasteiger partial charge in [0, 0.05) is 11.9 Å². The zero-order chi connectivity index (χ0) is 12.7. The van der Waals surface area contributed by atoms with Gasteiger partial charge in [-0.1, -0.05) is 19.1 Å². The van der Waals surface area contributed by atoms with Crippen molar-refractivity contribution in [3.05, 3.63) is 48.2 Å². The summed E-state index contributed by atoms with van der Waals surface area (Å²) < 4.78 is 0. The summed E-state index contributed by atoms with van der Waals surface area (Å²) in [6, 6.07) is 6.51. The molecule has 0 saturated carbocycles. The minimum Gasteiger partial charge on any atom is -0.508 e. The smallest absolute Gasteiger partial charge is 0.218 e. The van der Waals surface area contributed by atoms with E-state index in [-0.39, 0.29) is 5.75 Å². The van der Waals surface area contributed by atoms with Crippen LogP contribution in [0, 0.1) is 0 Å². The number of hydrogen-bond donors (Lipinski definition) is 1. The van der Waals surface area contributed by atoms with Gasteiger partial charge in [0.05, 0.1) is 0 Å². The lowest BCUT2D eigenvalue weighted by atomic mass is 10.2. The van der Waals surface area contributed by atoms with Gasteiger partial charge in [0.1, 0.15) is 5.75 Å². The first kappa shape index (κ1) is 13.0. The summed E-state index contributed by atoms with van der Waals surface area (Å²) in [4.78, 5) is 12.5. The first-order valence-electron chi connectivity index (χ1n) is 5.57. The Kier molecular flexibility index (Phi) is 5.01. The molecule has 1 aromatic carbocycles. The number of carbonyl (C=O) groups excluding carboxylic acids is 1. The van der Waals surface area contributed by atoms with Crippen LogP contribution in [0.25, 0.3) is 0 Å². The summed E-state index contributed by atoms with van der Waals surface area (Å²) in [5.74, 6) is 0.188. The van der Waals surface area contributed by atoms with E-state index in [2.05, 4.69) is 0 Å². The number of nitrogens with zero attached hydrogens (tertiary/aromatic N) is 1. The van der Waals surface area contributed by atoms with Crippen molar-refractivity contribution >= 4 is 12.1 Å². The van der Waals surface area contributed by atoms with Crippen LogP contribution >= 0.6 is 0 Å². The Bertz CT molecular complexity index is 418. The fraction of sp³-hybridized carbons (Fsp3) is 0.214. The molecule has 1 rings (SSSR count). The number of phenols is 1. The number of amides is 1. The standard InChI is InChI=1S/C14H17NO2/c1-3-5-12(4-2)10-15(11-16)13-6-8-14(17)9-7-13/h3,5-11,17H,4H2,1-2H3. The summed E-state index contributed by atoms with van der Waals surface area (Å²) in [6.45, 7) is 3.97. The van der Waals surface area contributed by atoms with Crippen molar-refractivity contribution in [2.45, 2.75) is 20.3 Å². The van der Waals surface area contributed by atoms with E-state index in [1.165, 1.54) is 4.90 Å². The molecular formula is C14H17NO2. The molecule has 0 aromatic heterocycles. The number of phenolic OH excluding ortho intramolecular Hbond substituents is 1. The van der Waals surface area contributed by atoms with Crippen LogP contribution in [0.1, 0.15) is 20.3 Å². The third-order valence-electron chi connectivity index (χ3n) is 2.36. The molecule has 0 unspecified atom stereocenters. The van der Waals surface area contributed by atoms with Crippen LogP contribution in [0.5, 0.6) is 5.75 Å². The van der Waals surface area contributed by atoms with Crippen molar-refractivity contribution in [3.63, 3.8) is 0 Å². The predicted molar refractivity (Wildman–Crippen MR) is 69.8 cm³/mol. The lowest BCUT2D eigenvalue weighted by Gasteiger charge is -2.13. The highest BCUT2D eigenvalue weighted by Gasteiger charge is 2.02. The molecule has 0 heterocycles. The van der Waals surface area contributed by atoms with Crippen molar-refractivity contribution in [3.8, 4) is 5.75 Å². The molecule has 0 radical (unpaired) electrons. The minimum absolute atomic E-state index is 0.188. The van der Waals surface area contributed by atoms with E-state index in [9.17, 15) is 9.90 Å². The second kappa shape index (κ2) is 6.53. The van der Waals surface area contributed by atoms with Crippen LogP contribution < -0.4 is 4.90 Å². The first-order chi connectivity index (χ1) is 8.21. The SMILES string of the molecule is CC=CC(=CN(C=O)c1ccc(O)cc1)CC. The molecule has 1 N–H and O–H groups in total. The van der Waals surface area contributed by atoms with Gasteiger partial charge in [0.2, 0.25) is 6.41 Å². The van der Waals surface area contributed by atoms with Crippen LogP contribution in [0.2, 0.25) is 0 Å². The molecule has 0 aliphatic rings. The maximum Gasteiger partial charge on any atom is 0.218 e. The van der Waals surface area contributed by atoms with Gasteiger partial charge in [-0.25, -0.2) is 0 Å². The van der Waals surface area contributed by atoms with Gasteiger partial charge in [-0.05, 0) is 43.2 Å². The van der Waals surface area contributed by atoms with E-state index >= 15 is 0 Å². The molecule has 0 bridgehead atoms. The van der Waals surface area contributed by atoms with Gasteiger partial charge in [0.25, 0.3) is 0 Å². The molecule has 0 fully saturated rings. The Hall–Kier alpha value is -2.03. The van der Waals surface area contributed by atoms with E-state index < -0.39 is 0 Å². The van der Waals surface area contributed by atoms with Gasteiger partial charge in [-0.3, -0.25) is 9.69 Å². The molecule has 0 saturated heterocycles. The van der Waals surface area contributed by atoms with Crippen molar-refractivity contribution in [2.24, 2.45) is 0 Å². The summed E-state index contributed by atoms with van der Waals surface area (Å²) in [5, 5.41) is 9.19. The lowest BCUT2D eigenvalue weighted by Crippen LogP contribution is -2.13. The fourth-order valence-corrected chi connectivity index (χ4v) is 1.44. The maximum absolute atomic E-state index is 11.0. The molecule has 17 heavy (non-hydrogen) atoms. The summed E-state index contributed by atoms with van der Waals surface area (Å²) in [5.41, 5.74) is 1.79. The normalized spacial score (nSPS) is 11.8. The van der Waals surface area contributed by atoms with Crippen LogP contribution in [0.15, 0.2) is 48.2 Å². The monoisotopic (exact) mass is 231 g/mol. The van der Waals surface area contributed by atoms with Gasteiger partial charge in [-0.2, -0.15) is 0 Å². The van der Waals surface area contributed by atoms with Crippen molar-refractivity contribution in [2.75, 3.05) is 4.90 Å². The molecule has 90 valence electrons. The average molecular weight is 231 g/mol. The Morgan fingerprint density at radius 3 is 2.47 bits per heavy atom. The first-order valence-corrected chi connectivity index (χ1v) is 5.57. The van der Waals surface area contributed by atoms with Gasteiger partial charge in [0.15, 0.2) is 0 Å². The lowest BCUT2D eigenvalue weighted by molar-refractivity contribution is -0.106. The molecule has 0 aliphatic carbocycles. The third-order valence-corrected chi connectivity index (χ3v) is 2.36. The second-order valence-electron chi connectivity index (χ2n) is 3.59. The number of aromatic hydroxyl groups is 1. The molecule has 0 spiro atoms. The number of carbonyl (C=O) groups is 1. The van der Waals surface area contributed by atoms with E-state index in [0.717, 1.165) is 24.1 Å². The van der Waals surface area contributed by atoms with Crippen LogP contribution in [0.4, 0.5) is 5.69 Å². The third kappa shape index (κ3) is 3.79. The molecular weight excluding hydrogens is 214 g/mol. The van der Waals surface area contributed by atoms with E-state index in [4.69, 9.17) is 0 Å². The number of rotatable bonds is 5. The number of anilines is 1. The Balaban J connectivity index is 2.99. The van der Waals surface area contributed by atoms with Gasteiger partial charge >= 0.3 is 0 Å². The predicted octanol–water partition coefficient (Wildman–Crippen LogP) is 3.23. The van der Waals surface area contributed by atoms with Crippen LogP contribution in [-0.2, 0) is 4.79 Å². The van der Waals surface area contributed by atoms with Crippen molar-refractivity contribution < 1.29 is 9.90 Å². The Morgan fingerprint density at radius 2 is 2.00 bits per heavy atom. The summed E-state index contributed by atoms with van der Waals surface area (Å²) in [7, 11) is 0. The van der Waals surface area contributed by atoms with Gasteiger partial charge in [-0.15, -0.1) is 0 Å². The molecule has 0 aliphatic heterocycles. The Labute approximate surface area is 102 Å². The highest BCUT2D eigenvalue weighted by molar-refractivity contribution is 5.78. The number of benzene rings is 1. The summed E-state index contributed by atoms with van der Waals surface area (Å²) >= 11 is 0. The molecule has 3 nitrogen and oxygen atoms in total. The van der Waals surface area contributed by atoms with E-state index in [1.54, 1.807) is 30.5 Å². The number of allylic oxidation sites excluding steroid dienone is 3. The zero-order valence-corrected chi connectivity index (χ0v) is 10.1. The van der Waals surface area contributed by atoms with Gasteiger partial charge < -0.3 is 5.11 Å². The minimum atomic E-state index is 0.188. The van der Waals surface area contributed by atoms with Crippen LogP contribution in [0.3, 0.4) is 0 Å². The molecule has 0 atom stereocenters. The quantitative estimate of drug-likeness (QED) is 0.624. The van der Waals surface area contributed by atoms with Crippen LogP contribution in [-0.4, -0.2) is 11.5 Å². The zero-order valence-electron chi connectivity index (χ0n) is 10.1. The van der Waals surface area contributed by atoms with E-state index in [0.29, 0.717) is 0 Å². The van der Waals surface area contributed by atoms with Crippen molar-refractivity contribution in [1.82, 2.24) is 0 Å². The largest absolute Gasteiger partial charge is 0.508 e. The molecule has 3 heteroatoms.